The topological polar surface area (TPSA) is 41.0 Å². The summed E-state index contributed by atoms with van der Waals surface area (Å²) in [6, 6.07) is 4.19. The fourth-order valence-electron chi connectivity index (χ4n) is 2.52. The van der Waals surface area contributed by atoms with E-state index in [4.69, 9.17) is 0 Å². The molecule has 106 valence electrons. The van der Waals surface area contributed by atoms with Crippen molar-refractivity contribution in [1.82, 2.24) is 15.5 Å². The van der Waals surface area contributed by atoms with Crippen molar-refractivity contribution in [2.75, 3.05) is 24.5 Å². The molecular weight excluding hydrogens is 236 g/mol. The molecule has 0 radical (unpaired) electrons. The van der Waals surface area contributed by atoms with Gasteiger partial charge in [-0.15, -0.1) is 5.10 Å². The Morgan fingerprint density at radius 3 is 2.74 bits per heavy atom. The normalized spacial score (nSPS) is 19.2. The fourth-order valence-corrected chi connectivity index (χ4v) is 2.52. The van der Waals surface area contributed by atoms with Crippen molar-refractivity contribution < 1.29 is 0 Å². The Morgan fingerprint density at radius 2 is 2.05 bits per heavy atom. The van der Waals surface area contributed by atoms with Crippen LogP contribution in [-0.4, -0.2) is 29.8 Å². The average molecular weight is 262 g/mol. The number of nitrogens with zero attached hydrogens (tertiary/aromatic N) is 3. The van der Waals surface area contributed by atoms with Gasteiger partial charge >= 0.3 is 0 Å². The van der Waals surface area contributed by atoms with Crippen molar-refractivity contribution in [2.24, 2.45) is 5.41 Å². The lowest BCUT2D eigenvalue weighted by molar-refractivity contribution is 0.325. The summed E-state index contributed by atoms with van der Waals surface area (Å²) in [5.41, 5.74) is 1.48. The molecule has 1 aromatic heterocycles. The van der Waals surface area contributed by atoms with Crippen LogP contribution in [-0.2, 0) is 6.54 Å². The Kier molecular flexibility index (Phi) is 4.75. The van der Waals surface area contributed by atoms with Crippen LogP contribution in [0.25, 0.3) is 0 Å². The summed E-state index contributed by atoms with van der Waals surface area (Å²) in [5, 5.41) is 12.0. The zero-order valence-electron chi connectivity index (χ0n) is 12.4. The van der Waals surface area contributed by atoms with Gasteiger partial charge in [-0.2, -0.15) is 5.10 Å². The molecule has 1 aliphatic heterocycles. The van der Waals surface area contributed by atoms with E-state index >= 15 is 0 Å². The standard InChI is InChI=1S/C15H26N4/c1-4-16-12-13-6-7-14(18-17-13)19-10-5-8-15(2,3)9-11-19/h6-7,16H,4-5,8-12H2,1-3H3. The summed E-state index contributed by atoms with van der Waals surface area (Å²) < 4.78 is 0. The zero-order chi connectivity index (χ0) is 13.7. The van der Waals surface area contributed by atoms with E-state index in [0.29, 0.717) is 5.41 Å². The maximum atomic E-state index is 4.38. The highest BCUT2D eigenvalue weighted by molar-refractivity contribution is 5.37. The first-order valence-electron chi connectivity index (χ1n) is 7.39. The molecule has 1 N–H and O–H groups in total. The quantitative estimate of drug-likeness (QED) is 0.905. The van der Waals surface area contributed by atoms with Gasteiger partial charge in [0.15, 0.2) is 5.82 Å². The predicted octanol–water partition coefficient (Wildman–Crippen LogP) is 2.60. The smallest absolute Gasteiger partial charge is 0.151 e. The Balaban J connectivity index is 1.97. The van der Waals surface area contributed by atoms with E-state index in [1.165, 1.54) is 19.3 Å². The highest BCUT2D eigenvalue weighted by atomic mass is 15.3. The molecule has 0 saturated carbocycles. The van der Waals surface area contributed by atoms with Gasteiger partial charge in [-0.25, -0.2) is 0 Å². The fraction of sp³-hybridized carbons (Fsp3) is 0.733. The van der Waals surface area contributed by atoms with Gasteiger partial charge in [0.2, 0.25) is 0 Å². The first-order valence-corrected chi connectivity index (χ1v) is 7.39. The molecule has 2 heterocycles. The Morgan fingerprint density at radius 1 is 1.21 bits per heavy atom. The van der Waals surface area contributed by atoms with Crippen LogP contribution in [0.2, 0.25) is 0 Å². The number of hydrogen-bond acceptors (Lipinski definition) is 4. The van der Waals surface area contributed by atoms with E-state index in [2.05, 4.69) is 53.3 Å². The number of hydrogen-bond donors (Lipinski definition) is 1. The summed E-state index contributed by atoms with van der Waals surface area (Å²) in [6.07, 6.45) is 3.77. The van der Waals surface area contributed by atoms with Crippen LogP contribution < -0.4 is 10.2 Å². The van der Waals surface area contributed by atoms with Gasteiger partial charge in [0.1, 0.15) is 0 Å². The van der Waals surface area contributed by atoms with Gasteiger partial charge in [-0.1, -0.05) is 20.8 Å². The summed E-state index contributed by atoms with van der Waals surface area (Å²) >= 11 is 0. The van der Waals surface area contributed by atoms with E-state index in [0.717, 1.165) is 37.7 Å². The number of anilines is 1. The van der Waals surface area contributed by atoms with Crippen molar-refractivity contribution >= 4 is 5.82 Å². The largest absolute Gasteiger partial charge is 0.355 e. The molecule has 0 spiro atoms. The molecule has 0 aliphatic carbocycles. The monoisotopic (exact) mass is 262 g/mol. The van der Waals surface area contributed by atoms with E-state index in [9.17, 15) is 0 Å². The van der Waals surface area contributed by atoms with E-state index in [1.54, 1.807) is 0 Å². The van der Waals surface area contributed by atoms with Gasteiger partial charge in [-0.05, 0) is 43.4 Å². The minimum atomic E-state index is 0.465. The highest BCUT2D eigenvalue weighted by Crippen LogP contribution is 2.30. The first-order chi connectivity index (χ1) is 9.11. The van der Waals surface area contributed by atoms with Gasteiger partial charge < -0.3 is 10.2 Å². The summed E-state index contributed by atoms with van der Waals surface area (Å²) in [4.78, 5) is 2.37. The van der Waals surface area contributed by atoms with Crippen molar-refractivity contribution in [3.8, 4) is 0 Å². The summed E-state index contributed by atoms with van der Waals surface area (Å²) in [6.45, 7) is 10.8. The number of nitrogens with one attached hydrogen (secondary N) is 1. The number of rotatable bonds is 4. The van der Waals surface area contributed by atoms with Crippen LogP contribution in [0.3, 0.4) is 0 Å². The molecule has 1 aliphatic rings. The molecule has 0 amide bonds. The molecule has 4 heteroatoms. The van der Waals surface area contributed by atoms with Crippen LogP contribution in [0.5, 0.6) is 0 Å². The Labute approximate surface area is 116 Å². The molecule has 0 bridgehead atoms. The van der Waals surface area contributed by atoms with Crippen molar-refractivity contribution in [1.29, 1.82) is 0 Å². The third kappa shape index (κ3) is 4.16. The highest BCUT2D eigenvalue weighted by Gasteiger charge is 2.23. The van der Waals surface area contributed by atoms with Crippen LogP contribution in [0.15, 0.2) is 12.1 Å². The van der Waals surface area contributed by atoms with Crippen molar-refractivity contribution in [3.05, 3.63) is 17.8 Å². The van der Waals surface area contributed by atoms with E-state index < -0.39 is 0 Å². The lowest BCUT2D eigenvalue weighted by Gasteiger charge is -2.23. The Hall–Kier alpha value is -1.16. The van der Waals surface area contributed by atoms with Crippen molar-refractivity contribution in [2.45, 2.75) is 46.6 Å². The third-order valence-corrected chi connectivity index (χ3v) is 3.93. The maximum Gasteiger partial charge on any atom is 0.151 e. The van der Waals surface area contributed by atoms with Gasteiger partial charge in [-0.3, -0.25) is 0 Å². The van der Waals surface area contributed by atoms with E-state index in [1.807, 2.05) is 0 Å². The SMILES string of the molecule is CCNCc1ccc(N2CCCC(C)(C)CC2)nn1. The van der Waals surface area contributed by atoms with Crippen LogP contribution in [0, 0.1) is 5.41 Å². The first kappa shape index (κ1) is 14.3. The summed E-state index contributed by atoms with van der Waals surface area (Å²) in [5.74, 6) is 1.03. The minimum absolute atomic E-state index is 0.465. The van der Waals surface area contributed by atoms with Crippen LogP contribution in [0.4, 0.5) is 5.82 Å². The molecule has 2 rings (SSSR count). The molecular formula is C15H26N4. The third-order valence-electron chi connectivity index (χ3n) is 3.93. The average Bonchev–Trinajstić information content (AvgIpc) is 2.58. The molecule has 0 atom stereocenters. The van der Waals surface area contributed by atoms with Crippen molar-refractivity contribution in [3.63, 3.8) is 0 Å². The molecule has 1 saturated heterocycles. The van der Waals surface area contributed by atoms with Gasteiger partial charge in [0.25, 0.3) is 0 Å². The van der Waals surface area contributed by atoms with Crippen LogP contribution >= 0.6 is 0 Å². The zero-order valence-corrected chi connectivity index (χ0v) is 12.4. The number of aromatic nitrogens is 2. The van der Waals surface area contributed by atoms with Gasteiger partial charge in [0, 0.05) is 19.6 Å². The second kappa shape index (κ2) is 6.33. The predicted molar refractivity (Wildman–Crippen MR) is 79.3 cm³/mol. The maximum absolute atomic E-state index is 4.38. The van der Waals surface area contributed by atoms with Gasteiger partial charge in [0.05, 0.1) is 5.69 Å². The lowest BCUT2D eigenvalue weighted by atomic mass is 9.85. The summed E-state index contributed by atoms with van der Waals surface area (Å²) in [7, 11) is 0. The molecule has 4 nitrogen and oxygen atoms in total. The van der Waals surface area contributed by atoms with E-state index in [-0.39, 0.29) is 0 Å². The molecule has 19 heavy (non-hydrogen) atoms. The lowest BCUT2D eigenvalue weighted by Crippen LogP contribution is -2.26. The second-order valence-corrected chi connectivity index (χ2v) is 6.17. The molecule has 0 unspecified atom stereocenters. The molecule has 1 aromatic rings. The Bertz CT molecular complexity index is 386. The minimum Gasteiger partial charge on any atom is -0.355 e. The molecule has 1 fully saturated rings. The molecule has 0 aromatic carbocycles. The van der Waals surface area contributed by atoms with Crippen LogP contribution in [0.1, 0.15) is 45.7 Å². The second-order valence-electron chi connectivity index (χ2n) is 6.17.